The first kappa shape index (κ1) is 21.8. The molecule has 5 aromatic carbocycles. The van der Waals surface area contributed by atoms with Gasteiger partial charge < -0.3 is 9.47 Å². The van der Waals surface area contributed by atoms with Crippen molar-refractivity contribution in [2.75, 3.05) is 0 Å². The molecular formula is C34H21N3O2. The monoisotopic (exact) mass is 503 g/mol. The second kappa shape index (κ2) is 8.36. The van der Waals surface area contributed by atoms with Crippen LogP contribution >= 0.6 is 0 Å². The Morgan fingerprint density at radius 3 is 1.44 bits per heavy atom. The van der Waals surface area contributed by atoms with Gasteiger partial charge in [0.2, 0.25) is 0 Å². The molecule has 1 spiro atoms. The highest BCUT2D eigenvalue weighted by molar-refractivity contribution is 5.81. The quantitative estimate of drug-likeness (QED) is 0.250. The second-order valence-corrected chi connectivity index (χ2v) is 9.61. The van der Waals surface area contributed by atoms with Gasteiger partial charge in [-0.15, -0.1) is 0 Å². The van der Waals surface area contributed by atoms with E-state index in [2.05, 4.69) is 24.3 Å². The molecule has 0 amide bonds. The summed E-state index contributed by atoms with van der Waals surface area (Å²) in [5.41, 5.74) is 6.93. The lowest BCUT2D eigenvalue weighted by molar-refractivity contribution is -0.0417. The highest BCUT2D eigenvalue weighted by atomic mass is 16.7. The van der Waals surface area contributed by atoms with Gasteiger partial charge in [0, 0.05) is 27.8 Å². The molecule has 0 saturated carbocycles. The van der Waals surface area contributed by atoms with Crippen LogP contribution < -0.4 is 9.47 Å². The number of fused-ring (bicyclic) bond motifs is 6. The van der Waals surface area contributed by atoms with E-state index in [0.717, 1.165) is 38.9 Å². The van der Waals surface area contributed by atoms with E-state index in [-0.39, 0.29) is 0 Å². The number of hydrogen-bond acceptors (Lipinski definition) is 5. The molecule has 0 N–H and O–H groups in total. The summed E-state index contributed by atoms with van der Waals surface area (Å²) < 4.78 is 13.3. The molecule has 2 aliphatic rings. The number of benzene rings is 5. The van der Waals surface area contributed by atoms with E-state index < -0.39 is 5.79 Å². The maximum Gasteiger partial charge on any atom is 0.306 e. The molecule has 0 atom stereocenters. The Morgan fingerprint density at radius 1 is 0.410 bits per heavy atom. The Labute approximate surface area is 225 Å². The summed E-state index contributed by atoms with van der Waals surface area (Å²) in [7, 11) is 0. The van der Waals surface area contributed by atoms with Crippen LogP contribution in [0.25, 0.3) is 45.3 Å². The molecule has 5 heteroatoms. The molecule has 184 valence electrons. The zero-order valence-corrected chi connectivity index (χ0v) is 20.8. The number of aromatic nitrogens is 3. The maximum absolute atomic E-state index is 6.71. The van der Waals surface area contributed by atoms with Crippen LogP contribution in [0.3, 0.4) is 0 Å². The Balaban J connectivity index is 1.25. The summed E-state index contributed by atoms with van der Waals surface area (Å²) >= 11 is 0. The van der Waals surface area contributed by atoms with Crippen LogP contribution in [-0.2, 0) is 5.79 Å². The lowest BCUT2D eigenvalue weighted by atomic mass is 10.0. The molecule has 0 radical (unpaired) electrons. The predicted molar refractivity (Wildman–Crippen MR) is 150 cm³/mol. The summed E-state index contributed by atoms with van der Waals surface area (Å²) in [5, 5.41) is 0. The van der Waals surface area contributed by atoms with E-state index in [9.17, 15) is 0 Å². The van der Waals surface area contributed by atoms with Crippen LogP contribution in [0.4, 0.5) is 0 Å². The smallest absolute Gasteiger partial charge is 0.306 e. The van der Waals surface area contributed by atoms with Crippen molar-refractivity contribution in [3.63, 3.8) is 0 Å². The largest absolute Gasteiger partial charge is 0.440 e. The SMILES string of the molecule is c1ccc(-c2nc(-c3ccccc3)nc(-c3ccc4c(c3)OC3(O4)c4ccccc4-c4ccccc43)n2)cc1. The third-order valence-electron chi connectivity index (χ3n) is 7.26. The molecule has 5 nitrogen and oxygen atoms in total. The van der Waals surface area contributed by atoms with E-state index in [4.69, 9.17) is 24.4 Å². The molecular weight excluding hydrogens is 482 g/mol. The zero-order chi connectivity index (χ0) is 25.8. The molecule has 39 heavy (non-hydrogen) atoms. The highest BCUT2D eigenvalue weighted by Crippen LogP contribution is 2.56. The van der Waals surface area contributed by atoms with Crippen molar-refractivity contribution in [2.45, 2.75) is 5.79 Å². The van der Waals surface area contributed by atoms with E-state index in [1.807, 2.05) is 103 Å². The van der Waals surface area contributed by atoms with Crippen molar-refractivity contribution in [1.29, 1.82) is 0 Å². The molecule has 0 saturated heterocycles. The summed E-state index contributed by atoms with van der Waals surface area (Å²) in [5.74, 6) is 2.13. The van der Waals surface area contributed by atoms with Crippen LogP contribution in [-0.4, -0.2) is 15.0 Å². The van der Waals surface area contributed by atoms with Crippen molar-refractivity contribution in [3.8, 4) is 56.8 Å². The lowest BCUT2D eigenvalue weighted by Gasteiger charge is -2.25. The number of ether oxygens (including phenoxy) is 2. The van der Waals surface area contributed by atoms with Crippen molar-refractivity contribution < 1.29 is 9.47 Å². The second-order valence-electron chi connectivity index (χ2n) is 9.61. The topological polar surface area (TPSA) is 57.1 Å². The zero-order valence-electron chi connectivity index (χ0n) is 20.8. The van der Waals surface area contributed by atoms with E-state index in [1.165, 1.54) is 0 Å². The first-order valence-corrected chi connectivity index (χ1v) is 12.9. The van der Waals surface area contributed by atoms with Crippen molar-refractivity contribution in [3.05, 3.63) is 139 Å². The van der Waals surface area contributed by atoms with Crippen molar-refractivity contribution in [2.24, 2.45) is 0 Å². The van der Waals surface area contributed by atoms with Gasteiger partial charge in [-0.2, -0.15) is 0 Å². The van der Waals surface area contributed by atoms with Gasteiger partial charge in [0.25, 0.3) is 0 Å². The molecule has 1 aliphatic heterocycles. The number of nitrogens with zero attached hydrogens (tertiary/aromatic N) is 3. The molecule has 1 aromatic heterocycles. The highest BCUT2D eigenvalue weighted by Gasteiger charge is 2.52. The normalized spacial score (nSPS) is 13.7. The van der Waals surface area contributed by atoms with E-state index in [1.54, 1.807) is 0 Å². The maximum atomic E-state index is 6.71. The van der Waals surface area contributed by atoms with Gasteiger partial charge in [0.05, 0.1) is 0 Å². The van der Waals surface area contributed by atoms with Crippen LogP contribution in [0.5, 0.6) is 11.5 Å². The van der Waals surface area contributed by atoms with Crippen molar-refractivity contribution >= 4 is 0 Å². The number of hydrogen-bond donors (Lipinski definition) is 0. The van der Waals surface area contributed by atoms with Gasteiger partial charge in [-0.05, 0) is 29.3 Å². The van der Waals surface area contributed by atoms with Crippen molar-refractivity contribution in [1.82, 2.24) is 15.0 Å². The fourth-order valence-electron chi connectivity index (χ4n) is 5.45. The van der Waals surface area contributed by atoms with E-state index >= 15 is 0 Å². The van der Waals surface area contributed by atoms with Gasteiger partial charge >= 0.3 is 5.79 Å². The Bertz CT molecular complexity index is 1770. The van der Waals surface area contributed by atoms with E-state index in [0.29, 0.717) is 29.0 Å². The molecule has 0 unspecified atom stereocenters. The Hall–Kier alpha value is -5.29. The molecule has 6 aromatic rings. The predicted octanol–water partition coefficient (Wildman–Crippen LogP) is 7.53. The molecule has 0 bridgehead atoms. The summed E-state index contributed by atoms with van der Waals surface area (Å²) in [6.45, 7) is 0. The third-order valence-corrected chi connectivity index (χ3v) is 7.26. The average Bonchev–Trinajstić information content (AvgIpc) is 3.53. The van der Waals surface area contributed by atoms with Gasteiger partial charge in [0.1, 0.15) is 0 Å². The fourth-order valence-corrected chi connectivity index (χ4v) is 5.45. The van der Waals surface area contributed by atoms with Crippen LogP contribution in [0.15, 0.2) is 127 Å². The number of rotatable bonds is 3. The molecule has 2 heterocycles. The Kier molecular flexibility index (Phi) is 4.67. The standard InChI is InChI=1S/C34H21N3O2/c1-3-11-22(12-4-1)31-35-32(23-13-5-2-6-14-23)37-33(36-31)24-19-20-29-30(21-24)39-34(38-29)27-17-9-7-15-25(27)26-16-8-10-18-28(26)34/h1-21H. The van der Waals surface area contributed by atoms with Gasteiger partial charge in [-0.3, -0.25) is 0 Å². The molecule has 1 aliphatic carbocycles. The Morgan fingerprint density at radius 2 is 0.872 bits per heavy atom. The van der Waals surface area contributed by atoms with Gasteiger partial charge in [-0.25, -0.2) is 15.0 Å². The average molecular weight is 504 g/mol. The minimum Gasteiger partial charge on any atom is -0.440 e. The van der Waals surface area contributed by atoms with Crippen LogP contribution in [0.2, 0.25) is 0 Å². The third kappa shape index (κ3) is 3.37. The minimum atomic E-state index is -1.02. The van der Waals surface area contributed by atoms with Gasteiger partial charge in [0.15, 0.2) is 29.0 Å². The summed E-state index contributed by atoms with van der Waals surface area (Å²) in [4.78, 5) is 14.5. The first-order valence-electron chi connectivity index (χ1n) is 12.9. The van der Waals surface area contributed by atoms with Crippen LogP contribution in [0.1, 0.15) is 11.1 Å². The van der Waals surface area contributed by atoms with Gasteiger partial charge in [-0.1, -0.05) is 109 Å². The molecule has 8 rings (SSSR count). The summed E-state index contributed by atoms with van der Waals surface area (Å²) in [6, 6.07) is 42.3. The fraction of sp³-hybridized carbons (Fsp3) is 0.0294. The van der Waals surface area contributed by atoms with Crippen LogP contribution in [0, 0.1) is 0 Å². The minimum absolute atomic E-state index is 0.572. The first-order chi connectivity index (χ1) is 19.3. The molecule has 0 fully saturated rings. The summed E-state index contributed by atoms with van der Waals surface area (Å²) in [6.07, 6.45) is 0. The lowest BCUT2D eigenvalue weighted by Crippen LogP contribution is -2.34.